The lowest BCUT2D eigenvalue weighted by atomic mass is 10.1. The van der Waals surface area contributed by atoms with Crippen molar-refractivity contribution in [2.75, 3.05) is 26.6 Å². The highest BCUT2D eigenvalue weighted by molar-refractivity contribution is 6.02. The highest BCUT2D eigenvalue weighted by Gasteiger charge is 2.13. The fourth-order valence-corrected chi connectivity index (χ4v) is 3.51. The van der Waals surface area contributed by atoms with Crippen LogP contribution >= 0.6 is 0 Å². The molecule has 1 N–H and O–H groups in total. The average molecular weight is 444 g/mol. The van der Waals surface area contributed by atoms with Gasteiger partial charge < -0.3 is 19.5 Å². The van der Waals surface area contributed by atoms with Gasteiger partial charge in [-0.1, -0.05) is 18.2 Å². The Balaban J connectivity index is 1.55. The second-order valence-electron chi connectivity index (χ2n) is 7.21. The molecule has 8 heteroatoms. The summed E-state index contributed by atoms with van der Waals surface area (Å²) in [5, 5.41) is 8.31. The van der Waals surface area contributed by atoms with Crippen molar-refractivity contribution in [3.63, 3.8) is 0 Å². The number of rotatable bonds is 7. The van der Waals surface area contributed by atoms with E-state index in [-0.39, 0.29) is 5.91 Å². The lowest BCUT2D eigenvalue weighted by molar-refractivity contribution is -0.111. The van der Waals surface area contributed by atoms with Crippen molar-refractivity contribution < 1.29 is 19.0 Å². The van der Waals surface area contributed by atoms with Gasteiger partial charge in [-0.15, -0.1) is 0 Å². The number of anilines is 1. The molecule has 0 radical (unpaired) electrons. The van der Waals surface area contributed by atoms with Crippen LogP contribution < -0.4 is 19.5 Å². The number of pyridine rings is 1. The van der Waals surface area contributed by atoms with Crippen LogP contribution in [-0.2, 0) is 4.79 Å². The largest absolute Gasteiger partial charge is 0.493 e. The minimum absolute atomic E-state index is 0.294. The Morgan fingerprint density at radius 2 is 1.70 bits per heavy atom. The van der Waals surface area contributed by atoms with Gasteiger partial charge in [-0.05, 0) is 48.9 Å². The van der Waals surface area contributed by atoms with Gasteiger partial charge in [0.05, 0.1) is 44.6 Å². The number of nitrogens with zero attached hydrogens (tertiary/aromatic N) is 3. The van der Waals surface area contributed by atoms with E-state index < -0.39 is 0 Å². The maximum atomic E-state index is 12.5. The molecule has 8 nitrogen and oxygen atoms in total. The summed E-state index contributed by atoms with van der Waals surface area (Å²) in [6.45, 7) is 1.92. The molecule has 33 heavy (non-hydrogen) atoms. The van der Waals surface area contributed by atoms with Crippen LogP contribution in [0.4, 0.5) is 5.69 Å². The molecule has 1 amide bonds. The van der Waals surface area contributed by atoms with Crippen molar-refractivity contribution in [3.8, 4) is 22.9 Å². The summed E-state index contributed by atoms with van der Waals surface area (Å²) in [6.07, 6.45) is 4.73. The third kappa shape index (κ3) is 4.50. The zero-order valence-electron chi connectivity index (χ0n) is 18.8. The van der Waals surface area contributed by atoms with E-state index in [1.54, 1.807) is 50.4 Å². The number of para-hydroxylation sites is 1. The predicted octanol–water partition coefficient (Wildman–Crippen LogP) is 4.41. The van der Waals surface area contributed by atoms with E-state index in [2.05, 4.69) is 15.4 Å². The van der Waals surface area contributed by atoms with Gasteiger partial charge in [0.15, 0.2) is 17.1 Å². The fraction of sp³-hybridized carbons (Fsp3) is 0.160. The quantitative estimate of drug-likeness (QED) is 0.425. The molecule has 2 heterocycles. The summed E-state index contributed by atoms with van der Waals surface area (Å²) < 4.78 is 17.8. The summed E-state index contributed by atoms with van der Waals surface area (Å²) in [7, 11) is 4.63. The van der Waals surface area contributed by atoms with E-state index in [0.29, 0.717) is 22.9 Å². The molecule has 0 bridgehead atoms. The molecule has 0 aliphatic rings. The van der Waals surface area contributed by atoms with Crippen LogP contribution in [-0.4, -0.2) is 42.0 Å². The molecular formula is C25H24N4O4. The SMILES string of the molecule is COc1cc(/C=C/C(=O)Nc2cnc3c(c2)c(C)nn3-c2ccccc2)cc(OC)c1OC. The summed E-state index contributed by atoms with van der Waals surface area (Å²) >= 11 is 0. The van der Waals surface area contributed by atoms with Crippen LogP contribution in [0.2, 0.25) is 0 Å². The first-order valence-corrected chi connectivity index (χ1v) is 10.2. The Morgan fingerprint density at radius 1 is 1.00 bits per heavy atom. The molecule has 0 spiro atoms. The first-order valence-electron chi connectivity index (χ1n) is 10.2. The van der Waals surface area contributed by atoms with Crippen molar-refractivity contribution >= 4 is 28.7 Å². The normalized spacial score (nSPS) is 11.0. The highest BCUT2D eigenvalue weighted by Crippen LogP contribution is 2.38. The van der Waals surface area contributed by atoms with Gasteiger partial charge in [0.2, 0.25) is 11.7 Å². The molecule has 168 valence electrons. The van der Waals surface area contributed by atoms with E-state index in [1.165, 1.54) is 6.08 Å². The second kappa shape index (κ2) is 9.44. The van der Waals surface area contributed by atoms with E-state index >= 15 is 0 Å². The molecule has 4 aromatic rings. The van der Waals surface area contributed by atoms with Crippen LogP contribution in [0.25, 0.3) is 22.8 Å². The van der Waals surface area contributed by atoms with Crippen LogP contribution in [0.1, 0.15) is 11.3 Å². The van der Waals surface area contributed by atoms with Gasteiger partial charge in [0.1, 0.15) is 0 Å². The zero-order valence-corrected chi connectivity index (χ0v) is 18.8. The Kier molecular flexibility index (Phi) is 6.26. The molecule has 0 unspecified atom stereocenters. The van der Waals surface area contributed by atoms with Gasteiger partial charge in [0.25, 0.3) is 0 Å². The van der Waals surface area contributed by atoms with Crippen LogP contribution in [0.15, 0.2) is 60.8 Å². The van der Waals surface area contributed by atoms with E-state index in [0.717, 1.165) is 28.0 Å². The van der Waals surface area contributed by atoms with Gasteiger partial charge >= 0.3 is 0 Å². The van der Waals surface area contributed by atoms with Gasteiger partial charge in [-0.25, -0.2) is 9.67 Å². The first kappa shape index (κ1) is 21.9. The smallest absolute Gasteiger partial charge is 0.248 e. The topological polar surface area (TPSA) is 87.5 Å². The van der Waals surface area contributed by atoms with Gasteiger partial charge in [-0.3, -0.25) is 4.79 Å². The monoisotopic (exact) mass is 444 g/mol. The summed E-state index contributed by atoms with van der Waals surface area (Å²) in [5.74, 6) is 1.22. The molecule has 0 saturated heterocycles. The maximum Gasteiger partial charge on any atom is 0.248 e. The average Bonchev–Trinajstić information content (AvgIpc) is 3.18. The van der Waals surface area contributed by atoms with Gasteiger partial charge in [0, 0.05) is 11.5 Å². The minimum Gasteiger partial charge on any atom is -0.493 e. The number of fused-ring (bicyclic) bond motifs is 1. The molecular weight excluding hydrogens is 420 g/mol. The number of ether oxygens (including phenoxy) is 3. The number of nitrogens with one attached hydrogen (secondary N) is 1. The number of carbonyl (C=O) groups is 1. The molecule has 0 aliphatic heterocycles. The predicted molar refractivity (Wildman–Crippen MR) is 127 cm³/mol. The first-order chi connectivity index (χ1) is 16.0. The van der Waals surface area contributed by atoms with Crippen molar-refractivity contribution in [3.05, 3.63) is 72.1 Å². The van der Waals surface area contributed by atoms with Crippen molar-refractivity contribution in [1.82, 2.24) is 14.8 Å². The van der Waals surface area contributed by atoms with Crippen LogP contribution in [0.5, 0.6) is 17.2 Å². The molecule has 4 rings (SSSR count). The van der Waals surface area contributed by atoms with Crippen molar-refractivity contribution in [1.29, 1.82) is 0 Å². The number of amides is 1. The fourth-order valence-electron chi connectivity index (χ4n) is 3.51. The summed E-state index contributed by atoms with van der Waals surface area (Å²) in [4.78, 5) is 17.1. The maximum absolute atomic E-state index is 12.5. The molecule has 0 saturated carbocycles. The third-order valence-electron chi connectivity index (χ3n) is 5.09. The lowest BCUT2D eigenvalue weighted by Gasteiger charge is -2.12. The molecule has 0 aliphatic carbocycles. The number of aromatic nitrogens is 3. The number of aryl methyl sites for hydroxylation is 1. The molecule has 2 aromatic heterocycles. The summed E-state index contributed by atoms with van der Waals surface area (Å²) in [5.41, 5.74) is 3.79. The Labute approximate surface area is 191 Å². The lowest BCUT2D eigenvalue weighted by Crippen LogP contribution is -2.08. The summed E-state index contributed by atoms with van der Waals surface area (Å²) in [6, 6.07) is 15.2. The number of methoxy groups -OCH3 is 3. The molecule has 2 aromatic carbocycles. The third-order valence-corrected chi connectivity index (χ3v) is 5.09. The Hall–Kier alpha value is -4.33. The van der Waals surface area contributed by atoms with Gasteiger partial charge in [-0.2, -0.15) is 5.10 Å². The number of hydrogen-bond acceptors (Lipinski definition) is 6. The molecule has 0 atom stereocenters. The number of benzene rings is 2. The Bertz CT molecular complexity index is 1300. The van der Waals surface area contributed by atoms with Crippen molar-refractivity contribution in [2.45, 2.75) is 6.92 Å². The minimum atomic E-state index is -0.294. The Morgan fingerprint density at radius 3 is 2.33 bits per heavy atom. The number of carbonyl (C=O) groups excluding carboxylic acids is 1. The van der Waals surface area contributed by atoms with Crippen molar-refractivity contribution in [2.24, 2.45) is 0 Å². The van der Waals surface area contributed by atoms with E-state index in [1.807, 2.05) is 43.3 Å². The van der Waals surface area contributed by atoms with Crippen LogP contribution in [0.3, 0.4) is 0 Å². The van der Waals surface area contributed by atoms with E-state index in [9.17, 15) is 4.79 Å². The molecule has 0 fully saturated rings. The number of hydrogen-bond donors (Lipinski definition) is 1. The highest BCUT2D eigenvalue weighted by atomic mass is 16.5. The standard InChI is InChI=1S/C25H24N4O4/c1-16-20-14-18(15-26-25(20)29(28-16)19-8-6-5-7-9-19)27-23(30)11-10-17-12-21(31-2)24(33-4)22(13-17)32-3/h5-15H,1-4H3,(H,27,30)/b11-10+. The van der Waals surface area contributed by atoms with Crippen LogP contribution in [0, 0.1) is 6.92 Å². The van der Waals surface area contributed by atoms with E-state index in [4.69, 9.17) is 14.2 Å². The second-order valence-corrected chi connectivity index (χ2v) is 7.21. The zero-order chi connectivity index (χ0) is 23.4.